The van der Waals surface area contributed by atoms with E-state index in [9.17, 15) is 13.2 Å². The molecule has 1 aromatic heterocycles. The summed E-state index contributed by atoms with van der Waals surface area (Å²) in [6.07, 6.45) is 1.81. The highest BCUT2D eigenvalue weighted by molar-refractivity contribution is 7.89. The van der Waals surface area contributed by atoms with Crippen molar-refractivity contribution < 1.29 is 8.42 Å². The van der Waals surface area contributed by atoms with E-state index in [1.54, 1.807) is 22.8 Å². The van der Waals surface area contributed by atoms with E-state index in [0.717, 1.165) is 35.3 Å². The van der Waals surface area contributed by atoms with Crippen LogP contribution in [-0.4, -0.2) is 30.4 Å². The number of benzene rings is 2. The molecule has 130 valence electrons. The first-order chi connectivity index (χ1) is 12.1. The van der Waals surface area contributed by atoms with Gasteiger partial charge in [-0.25, -0.2) is 8.42 Å². The molecule has 1 aliphatic rings. The monoisotopic (exact) mass is 374 g/mol. The summed E-state index contributed by atoms with van der Waals surface area (Å²) in [4.78, 5) is 12.6. The molecule has 7 heteroatoms. The first-order valence-electron chi connectivity index (χ1n) is 8.23. The summed E-state index contributed by atoms with van der Waals surface area (Å²) in [5.41, 5.74) is 1.82. The van der Waals surface area contributed by atoms with Crippen molar-refractivity contribution in [2.75, 3.05) is 13.1 Å². The number of sulfonamides is 1. The minimum atomic E-state index is -3.46. The van der Waals surface area contributed by atoms with E-state index in [1.165, 1.54) is 4.31 Å². The summed E-state index contributed by atoms with van der Waals surface area (Å²) >= 11 is 1.10. The van der Waals surface area contributed by atoms with Crippen LogP contribution in [0.2, 0.25) is 0 Å². The third kappa shape index (κ3) is 3.03. The van der Waals surface area contributed by atoms with Crippen molar-refractivity contribution in [2.24, 2.45) is 0 Å². The predicted octanol–water partition coefficient (Wildman–Crippen LogP) is 2.90. The predicted molar refractivity (Wildman–Crippen MR) is 99.6 cm³/mol. The number of nitrogens with zero attached hydrogens (tertiary/aromatic N) is 2. The van der Waals surface area contributed by atoms with Crippen molar-refractivity contribution in [3.05, 3.63) is 63.8 Å². The van der Waals surface area contributed by atoms with Gasteiger partial charge in [0.25, 0.3) is 0 Å². The van der Waals surface area contributed by atoms with Crippen LogP contribution in [0.3, 0.4) is 0 Å². The second kappa shape index (κ2) is 6.40. The van der Waals surface area contributed by atoms with Gasteiger partial charge in [-0.15, -0.1) is 0 Å². The molecule has 2 aromatic carbocycles. The fourth-order valence-electron chi connectivity index (χ4n) is 3.20. The lowest BCUT2D eigenvalue weighted by Gasteiger charge is -2.15. The average Bonchev–Trinajstić information content (AvgIpc) is 3.25. The standard InChI is InChI=1S/C18H18N2O3S2/c21-18-20(13-14-6-2-1-3-7-14)16-9-8-15(12-17(16)24-18)25(22,23)19-10-4-5-11-19/h1-3,6-9,12H,4-5,10-11,13H2. The van der Waals surface area contributed by atoms with Crippen molar-refractivity contribution >= 4 is 31.6 Å². The Labute approximate surface area is 150 Å². The number of aromatic nitrogens is 1. The lowest BCUT2D eigenvalue weighted by Crippen LogP contribution is -2.27. The van der Waals surface area contributed by atoms with Crippen LogP contribution in [0.25, 0.3) is 10.2 Å². The highest BCUT2D eigenvalue weighted by Gasteiger charge is 2.27. The summed E-state index contributed by atoms with van der Waals surface area (Å²) in [7, 11) is -3.46. The number of hydrogen-bond acceptors (Lipinski definition) is 4. The molecule has 2 heterocycles. The molecule has 1 saturated heterocycles. The van der Waals surface area contributed by atoms with E-state index in [0.29, 0.717) is 24.3 Å². The zero-order valence-corrected chi connectivity index (χ0v) is 15.2. The number of hydrogen-bond donors (Lipinski definition) is 0. The molecule has 0 aliphatic carbocycles. The lowest BCUT2D eigenvalue weighted by atomic mass is 10.2. The Balaban J connectivity index is 1.74. The van der Waals surface area contributed by atoms with Crippen molar-refractivity contribution in [1.29, 1.82) is 0 Å². The van der Waals surface area contributed by atoms with Crippen LogP contribution < -0.4 is 4.87 Å². The lowest BCUT2D eigenvalue weighted by molar-refractivity contribution is 0.477. The summed E-state index contributed by atoms with van der Waals surface area (Å²) in [5, 5.41) is 0. The molecule has 4 rings (SSSR count). The van der Waals surface area contributed by atoms with Crippen molar-refractivity contribution in [2.45, 2.75) is 24.3 Å². The third-order valence-electron chi connectivity index (χ3n) is 4.53. The van der Waals surface area contributed by atoms with Crippen molar-refractivity contribution in [1.82, 2.24) is 8.87 Å². The number of rotatable bonds is 4. The summed E-state index contributed by atoms with van der Waals surface area (Å²) < 4.78 is 29.3. The summed E-state index contributed by atoms with van der Waals surface area (Å²) in [6.45, 7) is 1.63. The smallest absolute Gasteiger partial charge is 0.294 e. The Morgan fingerprint density at radius 3 is 2.44 bits per heavy atom. The maximum atomic E-state index is 12.7. The molecule has 0 bridgehead atoms. The largest absolute Gasteiger partial charge is 0.308 e. The first-order valence-corrected chi connectivity index (χ1v) is 10.5. The molecular formula is C18H18N2O3S2. The van der Waals surface area contributed by atoms with Gasteiger partial charge in [0.2, 0.25) is 10.0 Å². The van der Waals surface area contributed by atoms with Gasteiger partial charge >= 0.3 is 4.87 Å². The van der Waals surface area contributed by atoms with Gasteiger partial charge in [-0.2, -0.15) is 4.31 Å². The van der Waals surface area contributed by atoms with E-state index in [-0.39, 0.29) is 9.77 Å². The third-order valence-corrected chi connectivity index (χ3v) is 7.36. The van der Waals surface area contributed by atoms with Crippen LogP contribution in [0.1, 0.15) is 18.4 Å². The van der Waals surface area contributed by atoms with Gasteiger partial charge < -0.3 is 0 Å². The second-order valence-corrected chi connectivity index (χ2v) is 9.11. The maximum absolute atomic E-state index is 12.7. The van der Waals surface area contributed by atoms with Gasteiger partial charge in [-0.05, 0) is 36.6 Å². The first kappa shape index (κ1) is 16.5. The topological polar surface area (TPSA) is 59.4 Å². The molecule has 5 nitrogen and oxygen atoms in total. The number of fused-ring (bicyclic) bond motifs is 1. The molecule has 25 heavy (non-hydrogen) atoms. The van der Waals surface area contributed by atoms with Gasteiger partial charge in [-0.3, -0.25) is 9.36 Å². The van der Waals surface area contributed by atoms with E-state index < -0.39 is 10.0 Å². The fourth-order valence-corrected chi connectivity index (χ4v) is 5.75. The van der Waals surface area contributed by atoms with Crippen molar-refractivity contribution in [3.8, 4) is 0 Å². The molecular weight excluding hydrogens is 356 g/mol. The number of thiazole rings is 1. The average molecular weight is 374 g/mol. The van der Waals surface area contributed by atoms with E-state index in [1.807, 2.05) is 30.3 Å². The Bertz CT molecular complexity index is 1060. The molecule has 0 unspecified atom stereocenters. The van der Waals surface area contributed by atoms with Gasteiger partial charge in [0.05, 0.1) is 21.7 Å². The van der Waals surface area contributed by atoms with Crippen molar-refractivity contribution in [3.63, 3.8) is 0 Å². The normalized spacial score (nSPS) is 15.8. The zero-order valence-electron chi connectivity index (χ0n) is 13.6. The van der Waals surface area contributed by atoms with E-state index >= 15 is 0 Å². The summed E-state index contributed by atoms with van der Waals surface area (Å²) in [5.74, 6) is 0. The fraction of sp³-hybridized carbons (Fsp3) is 0.278. The molecule has 0 radical (unpaired) electrons. The SMILES string of the molecule is O=c1sc2cc(S(=O)(=O)N3CCCC3)ccc2n1Cc1ccccc1. The molecule has 0 saturated carbocycles. The van der Waals surface area contributed by atoms with Gasteiger partial charge in [0.1, 0.15) is 0 Å². The van der Waals surface area contributed by atoms with Crippen LogP contribution in [0.15, 0.2) is 58.2 Å². The maximum Gasteiger partial charge on any atom is 0.308 e. The molecule has 3 aromatic rings. The Morgan fingerprint density at radius 2 is 1.72 bits per heavy atom. The van der Waals surface area contributed by atoms with Crippen LogP contribution in [-0.2, 0) is 16.6 Å². The molecule has 1 aliphatic heterocycles. The highest BCUT2D eigenvalue weighted by Crippen LogP contribution is 2.26. The van der Waals surface area contributed by atoms with Crippen LogP contribution in [0, 0.1) is 0 Å². The zero-order chi connectivity index (χ0) is 17.4. The van der Waals surface area contributed by atoms with E-state index in [2.05, 4.69) is 0 Å². The van der Waals surface area contributed by atoms with Crippen LogP contribution in [0.4, 0.5) is 0 Å². The minimum Gasteiger partial charge on any atom is -0.294 e. The van der Waals surface area contributed by atoms with Gasteiger partial charge in [0.15, 0.2) is 0 Å². The Morgan fingerprint density at radius 1 is 1.00 bits per heavy atom. The molecule has 1 fully saturated rings. The highest BCUT2D eigenvalue weighted by atomic mass is 32.2. The Kier molecular flexibility index (Phi) is 4.23. The Hall–Kier alpha value is -1.96. The van der Waals surface area contributed by atoms with Crippen LogP contribution >= 0.6 is 11.3 Å². The van der Waals surface area contributed by atoms with Crippen LogP contribution in [0.5, 0.6) is 0 Å². The second-order valence-electron chi connectivity index (χ2n) is 6.18. The van der Waals surface area contributed by atoms with E-state index in [4.69, 9.17) is 0 Å². The minimum absolute atomic E-state index is 0.0745. The van der Waals surface area contributed by atoms with Gasteiger partial charge in [0, 0.05) is 13.1 Å². The molecule has 0 spiro atoms. The van der Waals surface area contributed by atoms with Gasteiger partial charge in [-0.1, -0.05) is 41.7 Å². The molecule has 0 atom stereocenters. The quantitative estimate of drug-likeness (QED) is 0.705. The summed E-state index contributed by atoms with van der Waals surface area (Å²) in [6, 6.07) is 14.8. The molecule has 0 amide bonds. The molecule has 0 N–H and O–H groups in total.